The van der Waals surface area contributed by atoms with Crippen LogP contribution in [0, 0.1) is 6.92 Å². The number of hydrogen-bond acceptors (Lipinski definition) is 5. The van der Waals surface area contributed by atoms with Gasteiger partial charge >= 0.3 is 0 Å². The third kappa shape index (κ3) is 2.24. The summed E-state index contributed by atoms with van der Waals surface area (Å²) in [6, 6.07) is 0.0468. The molecule has 0 radical (unpaired) electrons. The molecule has 1 aliphatic rings. The Morgan fingerprint density at radius 2 is 2.43 bits per heavy atom. The molecule has 0 spiro atoms. The quantitative estimate of drug-likeness (QED) is 0.828. The van der Waals surface area contributed by atoms with E-state index < -0.39 is 9.84 Å². The van der Waals surface area contributed by atoms with Crippen LogP contribution in [0.15, 0.2) is 6.20 Å². The van der Waals surface area contributed by atoms with Gasteiger partial charge in [-0.05, 0) is 13.3 Å². The van der Waals surface area contributed by atoms with Crippen LogP contribution in [-0.4, -0.2) is 30.9 Å². The van der Waals surface area contributed by atoms with E-state index in [-0.39, 0.29) is 11.8 Å². The van der Waals surface area contributed by atoms with Crippen LogP contribution in [0.1, 0.15) is 11.3 Å². The molecule has 1 saturated heterocycles. The normalized spacial score (nSPS) is 25.1. The summed E-state index contributed by atoms with van der Waals surface area (Å²) >= 11 is 1.56. The second kappa shape index (κ2) is 3.51. The van der Waals surface area contributed by atoms with Crippen LogP contribution in [-0.2, 0) is 9.84 Å². The summed E-state index contributed by atoms with van der Waals surface area (Å²) in [5.41, 5.74) is 0. The van der Waals surface area contributed by atoms with Crippen LogP contribution in [0.3, 0.4) is 0 Å². The highest BCUT2D eigenvalue weighted by atomic mass is 32.2. The summed E-state index contributed by atoms with van der Waals surface area (Å²) in [4.78, 5) is 5.27. The molecule has 1 unspecified atom stereocenters. The number of nitrogens with one attached hydrogen (secondary N) is 1. The van der Waals surface area contributed by atoms with Gasteiger partial charge in [-0.15, -0.1) is 11.3 Å². The van der Waals surface area contributed by atoms with Gasteiger partial charge in [-0.3, -0.25) is 0 Å². The van der Waals surface area contributed by atoms with Gasteiger partial charge in [0.05, 0.1) is 11.5 Å². The maximum Gasteiger partial charge on any atom is 0.183 e. The van der Waals surface area contributed by atoms with Gasteiger partial charge in [0.25, 0.3) is 0 Å². The third-order valence-electron chi connectivity index (χ3n) is 2.18. The number of hydrogen-bond donors (Lipinski definition) is 1. The number of nitrogens with zero attached hydrogens (tertiary/aromatic N) is 1. The molecule has 4 nitrogen and oxygen atoms in total. The number of rotatable bonds is 2. The lowest BCUT2D eigenvalue weighted by molar-refractivity contribution is 0.602. The second-order valence-electron chi connectivity index (χ2n) is 3.52. The number of thiazole rings is 1. The van der Waals surface area contributed by atoms with Crippen molar-refractivity contribution in [2.24, 2.45) is 0 Å². The minimum atomic E-state index is -2.79. The molecule has 0 amide bonds. The highest BCUT2D eigenvalue weighted by molar-refractivity contribution is 7.91. The Kier molecular flexibility index (Phi) is 2.48. The lowest BCUT2D eigenvalue weighted by atomic mass is 10.3. The molecule has 2 heterocycles. The van der Waals surface area contributed by atoms with Crippen LogP contribution in [0.2, 0.25) is 0 Å². The van der Waals surface area contributed by atoms with Crippen molar-refractivity contribution >= 4 is 26.3 Å². The Balaban J connectivity index is 2.00. The van der Waals surface area contributed by atoms with Crippen molar-refractivity contribution < 1.29 is 8.42 Å². The van der Waals surface area contributed by atoms with Gasteiger partial charge in [-0.25, -0.2) is 13.4 Å². The van der Waals surface area contributed by atoms with E-state index in [2.05, 4.69) is 10.3 Å². The van der Waals surface area contributed by atoms with Gasteiger partial charge in [0, 0.05) is 17.1 Å². The summed E-state index contributed by atoms with van der Waals surface area (Å²) in [7, 11) is -2.79. The molecule has 0 saturated carbocycles. The molecule has 1 N–H and O–H groups in total. The Morgan fingerprint density at radius 1 is 1.64 bits per heavy atom. The van der Waals surface area contributed by atoms with Gasteiger partial charge in [0.15, 0.2) is 15.0 Å². The zero-order chi connectivity index (χ0) is 10.2. The van der Waals surface area contributed by atoms with Gasteiger partial charge in [0.1, 0.15) is 0 Å². The van der Waals surface area contributed by atoms with Crippen molar-refractivity contribution in [1.82, 2.24) is 4.98 Å². The highest BCUT2D eigenvalue weighted by Crippen LogP contribution is 2.21. The van der Waals surface area contributed by atoms with Crippen molar-refractivity contribution in [1.29, 1.82) is 0 Å². The number of sulfone groups is 1. The fourth-order valence-corrected chi connectivity index (χ4v) is 3.92. The molecule has 0 aliphatic carbocycles. The maximum absolute atomic E-state index is 11.2. The Bertz CT molecular complexity index is 424. The maximum atomic E-state index is 11.2. The fraction of sp³-hybridized carbons (Fsp3) is 0.625. The van der Waals surface area contributed by atoms with Gasteiger partial charge in [-0.1, -0.05) is 0 Å². The third-order valence-corrected chi connectivity index (χ3v) is 4.79. The molecule has 78 valence electrons. The largest absolute Gasteiger partial charge is 0.358 e. The van der Waals surface area contributed by atoms with E-state index in [1.54, 1.807) is 17.5 Å². The highest BCUT2D eigenvalue weighted by Gasteiger charge is 2.28. The first-order valence-corrected chi connectivity index (χ1v) is 7.08. The van der Waals surface area contributed by atoms with Crippen molar-refractivity contribution in [3.05, 3.63) is 11.1 Å². The standard InChI is InChI=1S/C8H12N2O2S2/c1-6-4-9-8(13-6)10-7-2-3-14(11,12)5-7/h4,7H,2-3,5H2,1H3,(H,9,10). The molecular weight excluding hydrogens is 220 g/mol. The molecule has 0 aromatic carbocycles. The van der Waals surface area contributed by atoms with E-state index >= 15 is 0 Å². The van der Waals surface area contributed by atoms with Crippen LogP contribution in [0.5, 0.6) is 0 Å². The van der Waals surface area contributed by atoms with Crippen LogP contribution < -0.4 is 5.32 Å². The Labute approximate surface area is 87.3 Å². The van der Waals surface area contributed by atoms with Gasteiger partial charge in [0.2, 0.25) is 0 Å². The van der Waals surface area contributed by atoms with Crippen molar-refractivity contribution in [2.75, 3.05) is 16.8 Å². The average Bonchev–Trinajstić information content (AvgIpc) is 2.59. The number of aromatic nitrogens is 1. The number of aryl methyl sites for hydroxylation is 1. The first-order chi connectivity index (χ1) is 6.55. The van der Waals surface area contributed by atoms with E-state index in [1.165, 1.54) is 0 Å². The molecule has 1 atom stereocenters. The van der Waals surface area contributed by atoms with Gasteiger partial charge < -0.3 is 5.32 Å². The molecule has 1 fully saturated rings. The Hall–Kier alpha value is -0.620. The molecule has 14 heavy (non-hydrogen) atoms. The van der Waals surface area contributed by atoms with E-state index in [0.717, 1.165) is 10.0 Å². The fourth-order valence-electron chi connectivity index (χ4n) is 1.50. The molecular formula is C8H12N2O2S2. The monoisotopic (exact) mass is 232 g/mol. The second-order valence-corrected chi connectivity index (χ2v) is 6.98. The predicted octanol–water partition coefficient (Wildman–Crippen LogP) is 1.05. The smallest absolute Gasteiger partial charge is 0.183 e. The molecule has 6 heteroatoms. The SMILES string of the molecule is Cc1cnc(NC2CCS(=O)(=O)C2)s1. The van der Waals surface area contributed by atoms with E-state index in [0.29, 0.717) is 12.2 Å². The summed E-state index contributed by atoms with van der Waals surface area (Å²) in [6.07, 6.45) is 2.48. The van der Waals surface area contributed by atoms with Crippen molar-refractivity contribution in [3.63, 3.8) is 0 Å². The zero-order valence-electron chi connectivity index (χ0n) is 7.86. The van der Waals surface area contributed by atoms with Crippen molar-refractivity contribution in [3.8, 4) is 0 Å². The van der Waals surface area contributed by atoms with E-state index in [4.69, 9.17) is 0 Å². The van der Waals surface area contributed by atoms with E-state index in [1.807, 2.05) is 6.92 Å². The van der Waals surface area contributed by atoms with Crippen LogP contribution in [0.4, 0.5) is 5.13 Å². The van der Waals surface area contributed by atoms with Crippen LogP contribution in [0.25, 0.3) is 0 Å². The summed E-state index contributed by atoms with van der Waals surface area (Å²) in [5, 5.41) is 3.97. The first-order valence-electron chi connectivity index (χ1n) is 4.44. The lowest BCUT2D eigenvalue weighted by Gasteiger charge is -2.07. The van der Waals surface area contributed by atoms with Gasteiger partial charge in [-0.2, -0.15) is 0 Å². The van der Waals surface area contributed by atoms with E-state index in [9.17, 15) is 8.42 Å². The number of anilines is 1. The minimum absolute atomic E-state index is 0.0468. The van der Waals surface area contributed by atoms with Crippen molar-refractivity contribution in [2.45, 2.75) is 19.4 Å². The summed E-state index contributed by atoms with van der Waals surface area (Å²) in [5.74, 6) is 0.542. The molecule has 2 rings (SSSR count). The lowest BCUT2D eigenvalue weighted by Crippen LogP contribution is -2.20. The summed E-state index contributed by atoms with van der Waals surface area (Å²) in [6.45, 7) is 1.98. The molecule has 1 aromatic rings. The first kappa shape index (κ1) is 9.92. The van der Waals surface area contributed by atoms with Crippen LogP contribution >= 0.6 is 11.3 Å². The predicted molar refractivity (Wildman–Crippen MR) is 57.5 cm³/mol. The molecule has 1 aliphatic heterocycles. The minimum Gasteiger partial charge on any atom is -0.358 e. The summed E-state index contributed by atoms with van der Waals surface area (Å²) < 4.78 is 22.4. The Morgan fingerprint density at radius 3 is 2.93 bits per heavy atom. The molecule has 1 aromatic heterocycles. The average molecular weight is 232 g/mol. The molecule has 0 bridgehead atoms. The zero-order valence-corrected chi connectivity index (χ0v) is 9.49. The topological polar surface area (TPSA) is 59.1 Å².